The van der Waals surface area contributed by atoms with Gasteiger partial charge in [0.2, 0.25) is 0 Å². The average molecular weight is 289 g/mol. The van der Waals surface area contributed by atoms with Crippen molar-refractivity contribution in [1.82, 2.24) is 10.3 Å². The van der Waals surface area contributed by atoms with Crippen LogP contribution in [0.5, 0.6) is 0 Å². The van der Waals surface area contributed by atoms with Crippen molar-refractivity contribution in [3.05, 3.63) is 35.4 Å². The van der Waals surface area contributed by atoms with E-state index in [0.29, 0.717) is 18.7 Å². The minimum absolute atomic E-state index is 0.167. The van der Waals surface area contributed by atoms with Crippen LogP contribution in [0.25, 0.3) is 0 Å². The third-order valence-corrected chi connectivity index (χ3v) is 3.12. The van der Waals surface area contributed by atoms with E-state index < -0.39 is 17.8 Å². The zero-order valence-electron chi connectivity index (χ0n) is 11.3. The molecule has 1 aromatic rings. The number of hydrazone groups is 1. The van der Waals surface area contributed by atoms with Crippen LogP contribution in [-0.2, 0) is 9.59 Å². The van der Waals surface area contributed by atoms with Crippen LogP contribution in [0, 0.1) is 0 Å². The summed E-state index contributed by atoms with van der Waals surface area (Å²) in [6.07, 6.45) is 3.18. The fourth-order valence-electron chi connectivity index (χ4n) is 1.99. The summed E-state index contributed by atoms with van der Waals surface area (Å²) >= 11 is 0. The molecule has 1 heterocycles. The first-order chi connectivity index (χ1) is 10.1. The summed E-state index contributed by atoms with van der Waals surface area (Å²) in [6, 6.07) is 5.98. The van der Waals surface area contributed by atoms with Crippen molar-refractivity contribution in [3.8, 4) is 0 Å². The Morgan fingerprint density at radius 1 is 1.14 bits per heavy atom. The number of nitrogens with zero attached hydrogens (tertiary/aromatic N) is 2. The van der Waals surface area contributed by atoms with Gasteiger partial charge >= 0.3 is 17.8 Å². The topological polar surface area (TPSA) is 99.1 Å². The molecule has 2 amide bonds. The first-order valence-corrected chi connectivity index (χ1v) is 6.53. The van der Waals surface area contributed by atoms with Crippen LogP contribution >= 0.6 is 0 Å². The zero-order chi connectivity index (χ0) is 15.2. The SMILES string of the molecule is O=C(N/N=C/c1ccc(C(=O)O)cc1)C(=O)N1CCCC1. The van der Waals surface area contributed by atoms with Gasteiger partial charge in [-0.2, -0.15) is 5.10 Å². The average Bonchev–Trinajstić information content (AvgIpc) is 3.01. The van der Waals surface area contributed by atoms with E-state index in [1.807, 2.05) is 0 Å². The van der Waals surface area contributed by atoms with Crippen LogP contribution in [0.4, 0.5) is 0 Å². The lowest BCUT2D eigenvalue weighted by Gasteiger charge is -2.12. The molecule has 1 aliphatic rings. The van der Waals surface area contributed by atoms with Gasteiger partial charge in [-0.15, -0.1) is 0 Å². The number of benzene rings is 1. The molecule has 0 aliphatic carbocycles. The van der Waals surface area contributed by atoms with E-state index in [4.69, 9.17) is 5.11 Å². The molecule has 0 saturated carbocycles. The Kier molecular flexibility index (Phi) is 4.65. The molecular weight excluding hydrogens is 274 g/mol. The highest BCUT2D eigenvalue weighted by Gasteiger charge is 2.23. The van der Waals surface area contributed by atoms with E-state index in [2.05, 4.69) is 10.5 Å². The molecule has 0 unspecified atom stereocenters. The van der Waals surface area contributed by atoms with Crippen molar-refractivity contribution in [2.45, 2.75) is 12.8 Å². The lowest BCUT2D eigenvalue weighted by Crippen LogP contribution is -2.39. The maximum Gasteiger partial charge on any atom is 0.335 e. The summed E-state index contributed by atoms with van der Waals surface area (Å²) < 4.78 is 0. The predicted molar refractivity (Wildman–Crippen MR) is 75.0 cm³/mol. The Morgan fingerprint density at radius 2 is 1.76 bits per heavy atom. The number of aromatic carboxylic acids is 1. The van der Waals surface area contributed by atoms with Gasteiger partial charge in [-0.05, 0) is 30.5 Å². The fourth-order valence-corrected chi connectivity index (χ4v) is 1.99. The number of hydrogen-bond donors (Lipinski definition) is 2. The third-order valence-electron chi connectivity index (χ3n) is 3.12. The number of amides is 2. The van der Waals surface area contributed by atoms with Crippen molar-refractivity contribution in [2.24, 2.45) is 5.10 Å². The molecule has 1 saturated heterocycles. The van der Waals surface area contributed by atoms with E-state index >= 15 is 0 Å². The Morgan fingerprint density at radius 3 is 2.33 bits per heavy atom. The maximum absolute atomic E-state index is 11.7. The van der Waals surface area contributed by atoms with Gasteiger partial charge in [0.15, 0.2) is 0 Å². The number of nitrogens with one attached hydrogen (secondary N) is 1. The van der Waals surface area contributed by atoms with Gasteiger partial charge in [0, 0.05) is 13.1 Å². The van der Waals surface area contributed by atoms with Crippen LogP contribution in [0.15, 0.2) is 29.4 Å². The van der Waals surface area contributed by atoms with Crippen molar-refractivity contribution in [2.75, 3.05) is 13.1 Å². The third kappa shape index (κ3) is 3.88. The number of hydrogen-bond acceptors (Lipinski definition) is 4. The van der Waals surface area contributed by atoms with Crippen LogP contribution in [0.2, 0.25) is 0 Å². The molecule has 0 aromatic heterocycles. The number of rotatable bonds is 3. The highest BCUT2D eigenvalue weighted by atomic mass is 16.4. The molecule has 0 spiro atoms. The van der Waals surface area contributed by atoms with Gasteiger partial charge < -0.3 is 10.0 Å². The minimum atomic E-state index is -1.01. The highest BCUT2D eigenvalue weighted by molar-refractivity contribution is 6.35. The second kappa shape index (κ2) is 6.65. The molecule has 1 aliphatic heterocycles. The Balaban J connectivity index is 1.88. The summed E-state index contributed by atoms with van der Waals surface area (Å²) in [7, 11) is 0. The number of likely N-dealkylation sites (tertiary alicyclic amines) is 1. The molecule has 1 fully saturated rings. The Labute approximate surface area is 121 Å². The van der Waals surface area contributed by atoms with E-state index in [9.17, 15) is 14.4 Å². The first-order valence-electron chi connectivity index (χ1n) is 6.53. The quantitative estimate of drug-likeness (QED) is 0.479. The van der Waals surface area contributed by atoms with E-state index in [0.717, 1.165) is 12.8 Å². The summed E-state index contributed by atoms with van der Waals surface area (Å²) in [6.45, 7) is 1.21. The number of carbonyl (C=O) groups excluding carboxylic acids is 2. The molecule has 7 nitrogen and oxygen atoms in total. The Bertz CT molecular complexity index is 574. The Hall–Kier alpha value is -2.70. The number of carboxylic acids is 1. The smallest absolute Gasteiger partial charge is 0.335 e. The summed E-state index contributed by atoms with van der Waals surface area (Å²) in [5, 5.41) is 12.4. The normalized spacial score (nSPS) is 14.4. The fraction of sp³-hybridized carbons (Fsp3) is 0.286. The molecule has 2 rings (SSSR count). The monoisotopic (exact) mass is 289 g/mol. The van der Waals surface area contributed by atoms with E-state index in [1.54, 1.807) is 12.1 Å². The lowest BCUT2D eigenvalue weighted by atomic mass is 10.1. The van der Waals surface area contributed by atoms with Crippen molar-refractivity contribution in [3.63, 3.8) is 0 Å². The maximum atomic E-state index is 11.7. The van der Waals surface area contributed by atoms with E-state index in [1.165, 1.54) is 23.2 Å². The molecule has 0 atom stereocenters. The van der Waals surface area contributed by atoms with Crippen molar-refractivity contribution in [1.29, 1.82) is 0 Å². The molecule has 0 radical (unpaired) electrons. The van der Waals surface area contributed by atoms with Gasteiger partial charge in [0.25, 0.3) is 0 Å². The first kappa shape index (κ1) is 14.7. The van der Waals surface area contributed by atoms with E-state index in [-0.39, 0.29) is 5.56 Å². The molecular formula is C14H15N3O4. The highest BCUT2D eigenvalue weighted by Crippen LogP contribution is 2.07. The van der Waals surface area contributed by atoms with Gasteiger partial charge in [-0.3, -0.25) is 9.59 Å². The number of carbonyl (C=O) groups is 3. The summed E-state index contributed by atoms with van der Waals surface area (Å²) in [5.41, 5.74) is 2.95. The molecule has 110 valence electrons. The van der Waals surface area contributed by atoms with Gasteiger partial charge in [-0.25, -0.2) is 10.2 Å². The molecule has 2 N–H and O–H groups in total. The zero-order valence-corrected chi connectivity index (χ0v) is 11.3. The summed E-state index contributed by atoms with van der Waals surface area (Å²) in [5.74, 6) is -2.36. The van der Waals surface area contributed by atoms with Crippen LogP contribution in [0.1, 0.15) is 28.8 Å². The van der Waals surface area contributed by atoms with Gasteiger partial charge in [-0.1, -0.05) is 12.1 Å². The summed E-state index contributed by atoms with van der Waals surface area (Å²) in [4.78, 5) is 35.4. The second-order valence-corrected chi connectivity index (χ2v) is 4.63. The lowest BCUT2D eigenvalue weighted by molar-refractivity contribution is -0.145. The second-order valence-electron chi connectivity index (χ2n) is 4.63. The number of carboxylic acid groups (broad SMARTS) is 1. The van der Waals surface area contributed by atoms with Crippen molar-refractivity contribution < 1.29 is 19.5 Å². The molecule has 0 bridgehead atoms. The molecule has 7 heteroatoms. The van der Waals surface area contributed by atoms with Crippen LogP contribution < -0.4 is 5.43 Å². The standard InChI is InChI=1S/C14H15N3O4/c18-12(13(19)17-7-1-2-8-17)16-15-9-10-3-5-11(6-4-10)14(20)21/h3-6,9H,1-2,7-8H2,(H,16,18)(H,20,21)/b15-9+. The molecule has 21 heavy (non-hydrogen) atoms. The van der Waals surface area contributed by atoms with Crippen LogP contribution in [0.3, 0.4) is 0 Å². The van der Waals surface area contributed by atoms with Gasteiger partial charge in [0.05, 0.1) is 11.8 Å². The largest absolute Gasteiger partial charge is 0.478 e. The van der Waals surface area contributed by atoms with Crippen molar-refractivity contribution >= 4 is 24.0 Å². The minimum Gasteiger partial charge on any atom is -0.478 e. The predicted octanol–water partition coefficient (Wildman–Crippen LogP) is 0.457. The molecule has 1 aromatic carbocycles. The van der Waals surface area contributed by atoms with Gasteiger partial charge in [0.1, 0.15) is 0 Å². The van der Waals surface area contributed by atoms with Crippen LogP contribution in [-0.4, -0.2) is 47.1 Å².